The zero-order valence-corrected chi connectivity index (χ0v) is 14.0. The summed E-state index contributed by atoms with van der Waals surface area (Å²) in [6.45, 7) is 1.11. The van der Waals surface area contributed by atoms with Crippen molar-refractivity contribution in [2.45, 2.75) is 13.3 Å². The Morgan fingerprint density at radius 1 is 1.46 bits per heavy atom. The van der Waals surface area contributed by atoms with Crippen LogP contribution in [0.25, 0.3) is 0 Å². The van der Waals surface area contributed by atoms with E-state index in [1.165, 1.54) is 17.3 Å². The van der Waals surface area contributed by atoms with Gasteiger partial charge in [-0.3, -0.25) is 14.4 Å². The summed E-state index contributed by atoms with van der Waals surface area (Å²) in [7, 11) is 0. The number of benzene rings is 1. The fourth-order valence-corrected chi connectivity index (χ4v) is 3.25. The molecule has 0 spiro atoms. The maximum atomic E-state index is 12.7. The minimum Gasteiger partial charge on any atom is -0.480 e. The molecule has 1 saturated heterocycles. The summed E-state index contributed by atoms with van der Waals surface area (Å²) < 4.78 is 0. The highest BCUT2D eigenvalue weighted by Crippen LogP contribution is 2.38. The van der Waals surface area contributed by atoms with Crippen molar-refractivity contribution in [2.75, 3.05) is 23.3 Å². The van der Waals surface area contributed by atoms with Gasteiger partial charge in [-0.25, -0.2) is 0 Å². The van der Waals surface area contributed by atoms with Crippen LogP contribution in [0, 0.1) is 11.3 Å². The minimum atomic E-state index is -1.87. The van der Waals surface area contributed by atoms with Crippen LogP contribution >= 0.6 is 12.2 Å². The number of ketones is 1. The molecule has 1 aromatic rings. The first kappa shape index (κ1) is 18.0. The zero-order chi connectivity index (χ0) is 17.9. The van der Waals surface area contributed by atoms with Gasteiger partial charge >= 0.3 is 5.97 Å². The third kappa shape index (κ3) is 2.90. The number of nitrogens with two attached hydrogens (primary N) is 1. The van der Waals surface area contributed by atoms with Gasteiger partial charge in [-0.1, -0.05) is 12.2 Å². The molecule has 2 rings (SSSR count). The molecule has 1 aliphatic heterocycles. The van der Waals surface area contributed by atoms with Crippen LogP contribution in [0.5, 0.6) is 0 Å². The number of amides is 1. The average molecular weight is 349 g/mol. The molecule has 1 amide bonds. The van der Waals surface area contributed by atoms with E-state index in [4.69, 9.17) is 18.0 Å². The van der Waals surface area contributed by atoms with Crippen molar-refractivity contribution < 1.29 is 19.5 Å². The molecule has 4 N–H and O–H groups in total. The molecule has 1 aliphatic rings. The summed E-state index contributed by atoms with van der Waals surface area (Å²) in [5, 5.41) is 12.4. The molecule has 0 aromatic heterocycles. The van der Waals surface area contributed by atoms with Crippen LogP contribution in [0.3, 0.4) is 0 Å². The second-order valence-electron chi connectivity index (χ2n) is 5.68. The first-order valence-corrected chi connectivity index (χ1v) is 7.91. The lowest BCUT2D eigenvalue weighted by molar-refractivity contribution is -0.160. The topological polar surface area (TPSA) is 113 Å². The summed E-state index contributed by atoms with van der Waals surface area (Å²) in [6, 6.07) is 6.99. The molecule has 7 nitrogen and oxygen atoms in total. The van der Waals surface area contributed by atoms with Crippen molar-refractivity contribution in [3.8, 4) is 0 Å². The second-order valence-corrected chi connectivity index (χ2v) is 5.91. The van der Waals surface area contributed by atoms with E-state index in [2.05, 4.69) is 5.32 Å². The fourth-order valence-electron chi connectivity index (χ4n) is 3.12. The van der Waals surface area contributed by atoms with Gasteiger partial charge < -0.3 is 21.1 Å². The van der Waals surface area contributed by atoms with E-state index in [-0.39, 0.29) is 6.42 Å². The van der Waals surface area contributed by atoms with Crippen molar-refractivity contribution >= 4 is 46.7 Å². The number of nitrogens with zero attached hydrogens (tertiary/aromatic N) is 1. The number of hydrogen-bond donors (Lipinski definition) is 3. The number of thiocarbonyl (C=S) groups is 1. The van der Waals surface area contributed by atoms with Crippen LogP contribution in [0.1, 0.15) is 13.3 Å². The zero-order valence-electron chi connectivity index (χ0n) is 13.2. The van der Waals surface area contributed by atoms with Gasteiger partial charge in [0.15, 0.2) is 0 Å². The van der Waals surface area contributed by atoms with Gasteiger partial charge in [0.05, 0.1) is 11.4 Å². The molecule has 1 aromatic carbocycles. The van der Waals surface area contributed by atoms with Gasteiger partial charge in [0.1, 0.15) is 11.2 Å². The molecular formula is C16H19N3O4S. The summed E-state index contributed by atoms with van der Waals surface area (Å²) >= 11 is 4.71. The maximum Gasteiger partial charge on any atom is 0.319 e. The van der Waals surface area contributed by atoms with Crippen molar-refractivity contribution in [3.05, 3.63) is 24.3 Å². The Morgan fingerprint density at radius 3 is 2.54 bits per heavy atom. The molecule has 8 heteroatoms. The van der Waals surface area contributed by atoms with Crippen molar-refractivity contribution in [1.29, 1.82) is 0 Å². The molecule has 0 bridgehead atoms. The lowest BCUT2D eigenvalue weighted by atomic mass is 9.71. The van der Waals surface area contributed by atoms with Gasteiger partial charge in [0, 0.05) is 24.5 Å². The van der Waals surface area contributed by atoms with E-state index in [0.29, 0.717) is 12.2 Å². The Bertz CT molecular complexity index is 660. The van der Waals surface area contributed by atoms with E-state index in [9.17, 15) is 19.5 Å². The Hall–Kier alpha value is -2.32. The van der Waals surface area contributed by atoms with E-state index < -0.39 is 35.5 Å². The number of Topliss-reactive ketones (excluding diaryl/α,β-unsaturated/α-hetero) is 1. The third-order valence-corrected chi connectivity index (χ3v) is 4.65. The van der Waals surface area contributed by atoms with Crippen LogP contribution in [0.2, 0.25) is 0 Å². The van der Waals surface area contributed by atoms with E-state index >= 15 is 0 Å². The smallest absolute Gasteiger partial charge is 0.319 e. The van der Waals surface area contributed by atoms with Gasteiger partial charge in [-0.2, -0.15) is 0 Å². The first-order chi connectivity index (χ1) is 11.4. The van der Waals surface area contributed by atoms with E-state index in [1.54, 1.807) is 24.3 Å². The Labute approximate surface area is 144 Å². The summed E-state index contributed by atoms with van der Waals surface area (Å²) in [5.74, 6) is -3.30. The predicted molar refractivity (Wildman–Crippen MR) is 94.0 cm³/mol. The quantitative estimate of drug-likeness (QED) is 0.498. The molecule has 0 aliphatic carbocycles. The Balaban J connectivity index is 2.30. The number of aliphatic carboxylic acids is 1. The molecule has 2 atom stereocenters. The lowest BCUT2D eigenvalue weighted by Gasteiger charge is -2.30. The maximum absolute atomic E-state index is 12.7. The molecule has 1 heterocycles. The van der Waals surface area contributed by atoms with Gasteiger partial charge in [0.25, 0.3) is 0 Å². The summed E-state index contributed by atoms with van der Waals surface area (Å²) in [4.78, 5) is 37.9. The molecule has 128 valence electrons. The highest BCUT2D eigenvalue weighted by atomic mass is 32.1. The summed E-state index contributed by atoms with van der Waals surface area (Å²) in [6.07, 6.45) is 0.266. The van der Waals surface area contributed by atoms with E-state index in [0.717, 1.165) is 5.69 Å². The molecule has 0 radical (unpaired) electrons. The van der Waals surface area contributed by atoms with Crippen LogP contribution in [-0.4, -0.2) is 41.3 Å². The third-order valence-electron chi connectivity index (χ3n) is 4.54. The van der Waals surface area contributed by atoms with E-state index in [1.807, 2.05) is 0 Å². The Kier molecular flexibility index (Phi) is 5.30. The van der Waals surface area contributed by atoms with Crippen LogP contribution < -0.4 is 16.0 Å². The number of carboxylic acids is 1. The van der Waals surface area contributed by atoms with Gasteiger partial charge in [-0.15, -0.1) is 0 Å². The number of hydrogen-bond acceptors (Lipinski definition) is 5. The normalized spacial score (nSPS) is 19.7. The van der Waals surface area contributed by atoms with Crippen LogP contribution in [0.15, 0.2) is 24.3 Å². The number of carbonyl (C=O) groups excluding carboxylic acids is 2. The van der Waals surface area contributed by atoms with Crippen LogP contribution in [-0.2, 0) is 14.4 Å². The average Bonchev–Trinajstić information content (AvgIpc) is 2.91. The Morgan fingerprint density at radius 2 is 2.08 bits per heavy atom. The minimum absolute atomic E-state index is 0.266. The van der Waals surface area contributed by atoms with Crippen molar-refractivity contribution in [1.82, 2.24) is 0 Å². The molecular weight excluding hydrogens is 330 g/mol. The fraction of sp³-hybridized carbons (Fsp3) is 0.375. The molecule has 24 heavy (non-hydrogen) atoms. The second kappa shape index (κ2) is 7.06. The van der Waals surface area contributed by atoms with Crippen LogP contribution in [0.4, 0.5) is 11.4 Å². The van der Waals surface area contributed by atoms with Gasteiger partial charge in [0.2, 0.25) is 5.91 Å². The highest BCUT2D eigenvalue weighted by molar-refractivity contribution is 7.79. The largest absolute Gasteiger partial charge is 0.480 e. The summed E-state index contributed by atoms with van der Waals surface area (Å²) in [5.41, 5.74) is 6.52. The predicted octanol–water partition coefficient (Wildman–Crippen LogP) is 1.03. The molecule has 1 fully saturated rings. The highest BCUT2D eigenvalue weighted by Gasteiger charge is 2.55. The first-order valence-electron chi connectivity index (χ1n) is 7.44. The number of rotatable bonds is 7. The number of nitrogens with one attached hydrogen (secondary N) is 1. The SMILES string of the molecule is CC(=O)C(CN)(C(=O)O)C1CCN(c2ccc(NC=S)cc2)C1=O. The molecule has 2 unspecified atom stereocenters. The van der Waals surface area contributed by atoms with Crippen molar-refractivity contribution in [2.24, 2.45) is 17.1 Å². The molecule has 0 saturated carbocycles. The lowest BCUT2D eigenvalue weighted by Crippen LogP contribution is -2.52. The van der Waals surface area contributed by atoms with Crippen molar-refractivity contribution in [3.63, 3.8) is 0 Å². The van der Waals surface area contributed by atoms with Gasteiger partial charge in [-0.05, 0) is 37.6 Å². The monoisotopic (exact) mass is 349 g/mol. The number of carboxylic acid groups (broad SMARTS) is 1. The standard InChI is InChI=1S/C16H19N3O4S/c1-10(20)16(8-17,15(22)23)13-6-7-19(14(13)21)12-4-2-11(3-5-12)18-9-24/h2-5,9,13H,6-8,17H2,1H3,(H,18,24)(H,22,23). The number of anilines is 2. The number of carbonyl (C=O) groups is 3.